The molecule has 1 rings (SSSR count). The molecule has 2 atom stereocenters. The molecule has 3 nitrogen and oxygen atoms in total. The summed E-state index contributed by atoms with van der Waals surface area (Å²) in [4.78, 5) is 13.7. The van der Waals surface area contributed by atoms with E-state index in [4.69, 9.17) is 5.73 Å². The number of nitrogens with zero attached hydrogens (tertiary/aromatic N) is 1. The molecule has 1 heterocycles. The van der Waals surface area contributed by atoms with Crippen molar-refractivity contribution in [2.45, 2.75) is 32.4 Å². The minimum absolute atomic E-state index is 0.121. The number of amides is 1. The molecule has 1 amide bonds. The van der Waals surface area contributed by atoms with Crippen LogP contribution in [0.15, 0.2) is 0 Å². The van der Waals surface area contributed by atoms with E-state index in [-0.39, 0.29) is 11.9 Å². The van der Waals surface area contributed by atoms with Gasteiger partial charge in [-0.25, -0.2) is 0 Å². The highest BCUT2D eigenvalue weighted by atomic mass is 32.2. The first kappa shape index (κ1) is 10.9. The second kappa shape index (κ2) is 4.86. The lowest BCUT2D eigenvalue weighted by Crippen LogP contribution is -2.51. The molecule has 1 aliphatic heterocycles. The lowest BCUT2D eigenvalue weighted by Gasteiger charge is -2.34. The van der Waals surface area contributed by atoms with Crippen molar-refractivity contribution in [1.82, 2.24) is 4.90 Å². The number of carbonyl (C=O) groups excluding carboxylic acids is 1. The zero-order valence-electron chi connectivity index (χ0n) is 8.32. The van der Waals surface area contributed by atoms with Gasteiger partial charge in [0.25, 0.3) is 0 Å². The zero-order chi connectivity index (χ0) is 9.84. The van der Waals surface area contributed by atoms with Gasteiger partial charge in [-0.2, -0.15) is 11.8 Å². The van der Waals surface area contributed by atoms with E-state index in [0.717, 1.165) is 24.5 Å². The number of rotatable bonds is 2. The van der Waals surface area contributed by atoms with Crippen LogP contribution in [0.2, 0.25) is 0 Å². The third-order valence-corrected chi connectivity index (χ3v) is 3.60. The van der Waals surface area contributed by atoms with Gasteiger partial charge in [-0.3, -0.25) is 4.79 Å². The van der Waals surface area contributed by atoms with Gasteiger partial charge in [-0.05, 0) is 13.3 Å². The van der Waals surface area contributed by atoms with Gasteiger partial charge >= 0.3 is 0 Å². The molecule has 0 aromatic heterocycles. The predicted octanol–water partition coefficient (Wildman–Crippen LogP) is 0.688. The largest absolute Gasteiger partial charge is 0.337 e. The Labute approximate surface area is 84.0 Å². The standard InChI is InChI=1S/C9H18N2OS/c1-3-8(10)9(12)11-4-5-13-6-7(11)2/h7-8H,3-6,10H2,1-2H3/t7?,8-/m0/s1. The van der Waals surface area contributed by atoms with Crippen LogP contribution in [-0.4, -0.2) is 40.9 Å². The molecular formula is C9H18N2OS. The van der Waals surface area contributed by atoms with Crippen LogP contribution in [0, 0.1) is 0 Å². The third-order valence-electron chi connectivity index (χ3n) is 2.41. The molecule has 1 unspecified atom stereocenters. The van der Waals surface area contributed by atoms with Crippen molar-refractivity contribution in [1.29, 1.82) is 0 Å². The van der Waals surface area contributed by atoms with Gasteiger partial charge in [0.2, 0.25) is 5.91 Å². The molecule has 4 heteroatoms. The third kappa shape index (κ3) is 2.61. The molecule has 0 bridgehead atoms. The Morgan fingerprint density at radius 1 is 1.77 bits per heavy atom. The molecule has 0 aliphatic carbocycles. The zero-order valence-corrected chi connectivity index (χ0v) is 9.14. The van der Waals surface area contributed by atoms with Crippen molar-refractivity contribution in [3.05, 3.63) is 0 Å². The number of nitrogens with two attached hydrogens (primary N) is 1. The molecule has 1 saturated heterocycles. The Hall–Kier alpha value is -0.220. The first-order valence-electron chi connectivity index (χ1n) is 4.80. The number of thioether (sulfide) groups is 1. The van der Waals surface area contributed by atoms with Gasteiger partial charge < -0.3 is 10.6 Å². The maximum absolute atomic E-state index is 11.7. The molecule has 2 N–H and O–H groups in total. The topological polar surface area (TPSA) is 46.3 Å². The fourth-order valence-corrected chi connectivity index (χ4v) is 2.46. The van der Waals surface area contributed by atoms with Crippen LogP contribution in [-0.2, 0) is 4.79 Å². The normalized spacial score (nSPS) is 25.8. The molecule has 0 spiro atoms. The molecule has 0 aromatic carbocycles. The molecule has 13 heavy (non-hydrogen) atoms. The second-order valence-corrected chi connectivity index (χ2v) is 4.62. The van der Waals surface area contributed by atoms with E-state index in [0.29, 0.717) is 6.04 Å². The van der Waals surface area contributed by atoms with Crippen LogP contribution in [0.5, 0.6) is 0 Å². The summed E-state index contributed by atoms with van der Waals surface area (Å²) in [6, 6.07) is 0.0504. The summed E-state index contributed by atoms with van der Waals surface area (Å²) < 4.78 is 0. The molecule has 0 saturated carbocycles. The second-order valence-electron chi connectivity index (χ2n) is 3.47. The van der Waals surface area contributed by atoms with Crippen LogP contribution in [0.3, 0.4) is 0 Å². The van der Waals surface area contributed by atoms with Gasteiger partial charge in [0, 0.05) is 24.1 Å². The lowest BCUT2D eigenvalue weighted by molar-refractivity contribution is -0.134. The monoisotopic (exact) mass is 202 g/mol. The van der Waals surface area contributed by atoms with E-state index in [1.54, 1.807) is 0 Å². The smallest absolute Gasteiger partial charge is 0.239 e. The van der Waals surface area contributed by atoms with E-state index in [1.807, 2.05) is 23.6 Å². The van der Waals surface area contributed by atoms with Crippen molar-refractivity contribution in [3.8, 4) is 0 Å². The van der Waals surface area contributed by atoms with Crippen molar-refractivity contribution in [2.24, 2.45) is 5.73 Å². The summed E-state index contributed by atoms with van der Waals surface area (Å²) in [7, 11) is 0. The quantitative estimate of drug-likeness (QED) is 0.716. The van der Waals surface area contributed by atoms with Crippen LogP contribution in [0.25, 0.3) is 0 Å². The average molecular weight is 202 g/mol. The molecule has 0 aromatic rings. The van der Waals surface area contributed by atoms with Crippen molar-refractivity contribution >= 4 is 17.7 Å². The minimum atomic E-state index is -0.300. The number of carbonyl (C=O) groups is 1. The molecule has 1 aliphatic rings. The molecule has 1 fully saturated rings. The van der Waals surface area contributed by atoms with E-state index in [1.165, 1.54) is 0 Å². The molecular weight excluding hydrogens is 184 g/mol. The Kier molecular flexibility index (Phi) is 4.06. The first-order chi connectivity index (χ1) is 6.16. The fraction of sp³-hybridized carbons (Fsp3) is 0.889. The van der Waals surface area contributed by atoms with Gasteiger partial charge in [0.05, 0.1) is 6.04 Å². The Bertz CT molecular complexity index is 186. The number of hydrogen-bond donors (Lipinski definition) is 1. The maximum atomic E-state index is 11.7. The summed E-state index contributed by atoms with van der Waals surface area (Å²) in [6.45, 7) is 4.90. The first-order valence-corrected chi connectivity index (χ1v) is 5.96. The van der Waals surface area contributed by atoms with Gasteiger partial charge in [-0.15, -0.1) is 0 Å². The van der Waals surface area contributed by atoms with Gasteiger partial charge in [-0.1, -0.05) is 6.92 Å². The van der Waals surface area contributed by atoms with Crippen LogP contribution >= 0.6 is 11.8 Å². The highest BCUT2D eigenvalue weighted by molar-refractivity contribution is 7.99. The van der Waals surface area contributed by atoms with E-state index < -0.39 is 0 Å². The van der Waals surface area contributed by atoms with E-state index in [2.05, 4.69) is 6.92 Å². The van der Waals surface area contributed by atoms with Crippen molar-refractivity contribution in [2.75, 3.05) is 18.1 Å². The Balaban J connectivity index is 2.53. The van der Waals surface area contributed by atoms with Crippen LogP contribution in [0.4, 0.5) is 0 Å². The summed E-state index contributed by atoms with van der Waals surface area (Å²) in [6.07, 6.45) is 0.731. The number of hydrogen-bond acceptors (Lipinski definition) is 3. The maximum Gasteiger partial charge on any atom is 0.239 e. The highest BCUT2D eigenvalue weighted by Gasteiger charge is 2.26. The molecule has 0 radical (unpaired) electrons. The summed E-state index contributed by atoms with van der Waals surface area (Å²) in [5.41, 5.74) is 5.71. The molecule has 76 valence electrons. The van der Waals surface area contributed by atoms with E-state index in [9.17, 15) is 4.79 Å². The average Bonchev–Trinajstić information content (AvgIpc) is 2.16. The summed E-state index contributed by atoms with van der Waals surface area (Å²) >= 11 is 1.91. The lowest BCUT2D eigenvalue weighted by atomic mass is 10.2. The summed E-state index contributed by atoms with van der Waals surface area (Å²) in [5.74, 6) is 2.21. The SMILES string of the molecule is CC[C@H](N)C(=O)N1CCSCC1C. The van der Waals surface area contributed by atoms with Crippen LogP contribution in [0.1, 0.15) is 20.3 Å². The predicted molar refractivity (Wildman–Crippen MR) is 56.8 cm³/mol. The van der Waals surface area contributed by atoms with Gasteiger partial charge in [0.1, 0.15) is 0 Å². The minimum Gasteiger partial charge on any atom is -0.337 e. The highest BCUT2D eigenvalue weighted by Crippen LogP contribution is 2.16. The summed E-state index contributed by atoms with van der Waals surface area (Å²) in [5, 5.41) is 0. The van der Waals surface area contributed by atoms with Crippen molar-refractivity contribution in [3.63, 3.8) is 0 Å². The Morgan fingerprint density at radius 2 is 2.46 bits per heavy atom. The van der Waals surface area contributed by atoms with Crippen LogP contribution < -0.4 is 5.73 Å². The fourth-order valence-electron chi connectivity index (χ4n) is 1.44. The van der Waals surface area contributed by atoms with Gasteiger partial charge in [0.15, 0.2) is 0 Å². The van der Waals surface area contributed by atoms with Crippen molar-refractivity contribution < 1.29 is 4.79 Å². The Morgan fingerprint density at radius 3 is 3.00 bits per heavy atom. The van der Waals surface area contributed by atoms with E-state index >= 15 is 0 Å².